The van der Waals surface area contributed by atoms with Crippen molar-refractivity contribution in [2.75, 3.05) is 11.9 Å². The van der Waals surface area contributed by atoms with Crippen LogP contribution in [0.2, 0.25) is 5.02 Å². The molecular weight excluding hydrogens is 312 g/mol. The molecule has 4 nitrogen and oxygen atoms in total. The van der Waals surface area contributed by atoms with Crippen LogP contribution in [-0.4, -0.2) is 17.7 Å². The van der Waals surface area contributed by atoms with Crippen molar-refractivity contribution in [1.82, 2.24) is 5.32 Å². The molecule has 1 atom stereocenters. The van der Waals surface area contributed by atoms with Gasteiger partial charge in [-0.15, -0.1) is 0 Å². The van der Waals surface area contributed by atoms with E-state index in [-0.39, 0.29) is 18.5 Å². The summed E-state index contributed by atoms with van der Waals surface area (Å²) in [5.41, 5.74) is 0.433. The van der Waals surface area contributed by atoms with E-state index in [4.69, 9.17) is 11.6 Å². The lowest BCUT2D eigenvalue weighted by Crippen LogP contribution is -2.43. The first-order valence-corrected chi connectivity index (χ1v) is 8.04. The molecule has 120 valence electrons. The Labute approximate surface area is 140 Å². The third kappa shape index (κ3) is 3.84. The molecule has 2 amide bonds. The van der Waals surface area contributed by atoms with E-state index < -0.39 is 5.60 Å². The van der Waals surface area contributed by atoms with Crippen molar-refractivity contribution >= 4 is 23.3 Å². The van der Waals surface area contributed by atoms with Gasteiger partial charge in [0.05, 0.1) is 6.54 Å². The summed E-state index contributed by atoms with van der Waals surface area (Å²) in [4.78, 5) is 12.1. The molecule has 0 spiro atoms. The summed E-state index contributed by atoms with van der Waals surface area (Å²) in [5, 5.41) is 17.1. The van der Waals surface area contributed by atoms with Gasteiger partial charge in [-0.05, 0) is 42.5 Å². The van der Waals surface area contributed by atoms with E-state index in [0.29, 0.717) is 10.7 Å². The maximum absolute atomic E-state index is 12.1. The lowest BCUT2D eigenvalue weighted by molar-refractivity contribution is 0.0164. The Morgan fingerprint density at radius 3 is 2.57 bits per heavy atom. The molecular formula is C18H19ClN2O2. The number of anilines is 1. The predicted octanol–water partition coefficient (Wildman–Crippen LogP) is 3.76. The Bertz CT molecular complexity index is 688. The lowest BCUT2D eigenvalue weighted by Gasteiger charge is -2.29. The average Bonchev–Trinajstić information content (AvgIpc) is 3.39. The Hall–Kier alpha value is -2.04. The zero-order valence-electron chi connectivity index (χ0n) is 12.6. The number of hydrogen-bond donors (Lipinski definition) is 3. The topological polar surface area (TPSA) is 61.4 Å². The van der Waals surface area contributed by atoms with Gasteiger partial charge in [-0.25, -0.2) is 4.79 Å². The monoisotopic (exact) mass is 330 g/mol. The minimum atomic E-state index is -1.02. The van der Waals surface area contributed by atoms with Crippen LogP contribution in [0, 0.1) is 5.92 Å². The van der Waals surface area contributed by atoms with Crippen molar-refractivity contribution < 1.29 is 9.90 Å². The molecule has 0 aliphatic heterocycles. The average molecular weight is 331 g/mol. The van der Waals surface area contributed by atoms with Gasteiger partial charge in [0.15, 0.2) is 0 Å². The van der Waals surface area contributed by atoms with E-state index in [2.05, 4.69) is 10.6 Å². The van der Waals surface area contributed by atoms with Gasteiger partial charge in [-0.3, -0.25) is 0 Å². The fraction of sp³-hybridized carbons (Fsp3) is 0.278. The summed E-state index contributed by atoms with van der Waals surface area (Å²) in [6.45, 7) is 0.175. The molecule has 1 aliphatic carbocycles. The number of rotatable bonds is 5. The van der Waals surface area contributed by atoms with E-state index >= 15 is 0 Å². The second kappa shape index (κ2) is 6.60. The van der Waals surface area contributed by atoms with Crippen LogP contribution in [0.25, 0.3) is 0 Å². The van der Waals surface area contributed by atoms with Crippen LogP contribution in [0.1, 0.15) is 18.4 Å². The Morgan fingerprint density at radius 2 is 1.91 bits per heavy atom. The van der Waals surface area contributed by atoms with Crippen LogP contribution in [0.15, 0.2) is 54.6 Å². The number of urea groups is 1. The van der Waals surface area contributed by atoms with Gasteiger partial charge >= 0.3 is 6.03 Å². The highest BCUT2D eigenvalue weighted by molar-refractivity contribution is 6.30. The molecule has 5 heteroatoms. The van der Waals surface area contributed by atoms with Crippen LogP contribution < -0.4 is 10.6 Å². The summed E-state index contributed by atoms with van der Waals surface area (Å²) in [5.74, 6) is 0.191. The molecule has 1 fully saturated rings. The SMILES string of the molecule is O=C(NCC(O)(c1ccccc1)C1CC1)Nc1cccc(Cl)c1. The molecule has 0 radical (unpaired) electrons. The fourth-order valence-electron chi connectivity index (χ4n) is 2.73. The Kier molecular flexibility index (Phi) is 4.55. The number of nitrogens with one attached hydrogen (secondary N) is 2. The minimum Gasteiger partial charge on any atom is -0.383 e. The molecule has 0 heterocycles. The molecule has 3 rings (SSSR count). The van der Waals surface area contributed by atoms with Crippen LogP contribution in [0.4, 0.5) is 10.5 Å². The van der Waals surface area contributed by atoms with Gasteiger partial charge in [0, 0.05) is 10.7 Å². The molecule has 0 bridgehead atoms. The number of aliphatic hydroxyl groups is 1. The highest BCUT2D eigenvalue weighted by Gasteiger charge is 2.45. The zero-order valence-corrected chi connectivity index (χ0v) is 13.4. The molecule has 0 saturated heterocycles. The smallest absolute Gasteiger partial charge is 0.319 e. The van der Waals surface area contributed by atoms with Gasteiger partial charge in [0.2, 0.25) is 0 Å². The maximum atomic E-state index is 12.1. The van der Waals surface area contributed by atoms with Crippen LogP contribution in [0.3, 0.4) is 0 Å². The second-order valence-electron chi connectivity index (χ2n) is 5.88. The van der Waals surface area contributed by atoms with Crippen LogP contribution in [0.5, 0.6) is 0 Å². The van der Waals surface area contributed by atoms with E-state index in [9.17, 15) is 9.90 Å². The molecule has 1 aliphatic rings. The molecule has 2 aromatic rings. The van der Waals surface area contributed by atoms with Crippen molar-refractivity contribution in [3.05, 3.63) is 65.2 Å². The number of carbonyl (C=O) groups is 1. The first kappa shape index (κ1) is 15.8. The molecule has 3 N–H and O–H groups in total. The standard InChI is InChI=1S/C18H19ClN2O2/c19-15-7-4-8-16(11-15)21-17(22)20-12-18(23,14-9-10-14)13-5-2-1-3-6-13/h1-8,11,14,23H,9-10,12H2,(H2,20,21,22). The van der Waals surface area contributed by atoms with Crippen molar-refractivity contribution in [1.29, 1.82) is 0 Å². The number of hydrogen-bond acceptors (Lipinski definition) is 2. The van der Waals surface area contributed by atoms with Gasteiger partial charge < -0.3 is 15.7 Å². The van der Waals surface area contributed by atoms with Crippen LogP contribution >= 0.6 is 11.6 Å². The van der Waals surface area contributed by atoms with Gasteiger partial charge in [0.1, 0.15) is 5.60 Å². The highest BCUT2D eigenvalue weighted by Crippen LogP contribution is 2.45. The maximum Gasteiger partial charge on any atom is 0.319 e. The quantitative estimate of drug-likeness (QED) is 0.781. The predicted molar refractivity (Wildman–Crippen MR) is 91.5 cm³/mol. The van der Waals surface area contributed by atoms with Crippen molar-refractivity contribution in [2.24, 2.45) is 5.92 Å². The second-order valence-corrected chi connectivity index (χ2v) is 6.32. The normalized spacial score (nSPS) is 16.4. The molecule has 1 saturated carbocycles. The third-order valence-corrected chi connectivity index (χ3v) is 4.36. The minimum absolute atomic E-state index is 0.175. The summed E-state index contributed by atoms with van der Waals surface area (Å²) in [7, 11) is 0. The third-order valence-electron chi connectivity index (χ3n) is 4.13. The van der Waals surface area contributed by atoms with E-state index in [1.807, 2.05) is 30.3 Å². The highest BCUT2D eigenvalue weighted by atomic mass is 35.5. The Morgan fingerprint density at radius 1 is 1.17 bits per heavy atom. The van der Waals surface area contributed by atoms with E-state index in [1.165, 1.54) is 0 Å². The molecule has 0 aromatic heterocycles. The number of halogens is 1. The van der Waals surface area contributed by atoms with Crippen molar-refractivity contribution in [3.63, 3.8) is 0 Å². The Balaban J connectivity index is 1.64. The number of amides is 2. The number of benzene rings is 2. The first-order chi connectivity index (χ1) is 11.1. The van der Waals surface area contributed by atoms with Gasteiger partial charge in [-0.2, -0.15) is 0 Å². The number of carbonyl (C=O) groups excluding carboxylic acids is 1. The summed E-state index contributed by atoms with van der Waals surface area (Å²) in [6, 6.07) is 16.1. The lowest BCUT2D eigenvalue weighted by atomic mass is 9.89. The van der Waals surface area contributed by atoms with E-state index in [1.54, 1.807) is 24.3 Å². The zero-order chi connectivity index (χ0) is 16.3. The summed E-state index contributed by atoms with van der Waals surface area (Å²) in [6.07, 6.45) is 1.95. The largest absolute Gasteiger partial charge is 0.383 e. The first-order valence-electron chi connectivity index (χ1n) is 7.66. The van der Waals surface area contributed by atoms with Crippen LogP contribution in [-0.2, 0) is 5.60 Å². The van der Waals surface area contributed by atoms with Gasteiger partial charge in [-0.1, -0.05) is 48.0 Å². The molecule has 23 heavy (non-hydrogen) atoms. The molecule has 2 aromatic carbocycles. The summed E-state index contributed by atoms with van der Waals surface area (Å²) >= 11 is 5.90. The van der Waals surface area contributed by atoms with E-state index in [0.717, 1.165) is 18.4 Å². The summed E-state index contributed by atoms with van der Waals surface area (Å²) < 4.78 is 0. The fourth-order valence-corrected chi connectivity index (χ4v) is 2.92. The molecule has 1 unspecified atom stereocenters. The van der Waals surface area contributed by atoms with Crippen molar-refractivity contribution in [2.45, 2.75) is 18.4 Å². The van der Waals surface area contributed by atoms with Crippen molar-refractivity contribution in [3.8, 4) is 0 Å². The van der Waals surface area contributed by atoms with Gasteiger partial charge in [0.25, 0.3) is 0 Å².